The maximum Gasteiger partial charge on any atom is 0.317 e. The number of nitrogens with zero attached hydrogens (tertiary/aromatic N) is 5. The lowest BCUT2D eigenvalue weighted by Crippen LogP contribution is -2.36. The summed E-state index contributed by atoms with van der Waals surface area (Å²) in [5.74, 6) is 0.0433. The Labute approximate surface area is 218 Å². The quantitative estimate of drug-likeness (QED) is 0.425. The second-order valence-electron chi connectivity index (χ2n) is 8.73. The number of hydrogen-bond acceptors (Lipinski definition) is 9. The number of anilines is 2. The number of ether oxygens (including phenoxy) is 1. The van der Waals surface area contributed by atoms with Crippen LogP contribution in [0.3, 0.4) is 0 Å². The maximum absolute atomic E-state index is 13.2. The van der Waals surface area contributed by atoms with Gasteiger partial charge in [-0.1, -0.05) is 71.3 Å². The van der Waals surface area contributed by atoms with Gasteiger partial charge in [-0.15, -0.1) is 5.10 Å². The van der Waals surface area contributed by atoms with Crippen molar-refractivity contribution in [1.29, 1.82) is 0 Å². The van der Waals surface area contributed by atoms with Gasteiger partial charge >= 0.3 is 6.01 Å². The number of halogens is 1. The van der Waals surface area contributed by atoms with Crippen LogP contribution < -0.4 is 10.2 Å². The number of rotatable bonds is 5. The van der Waals surface area contributed by atoms with E-state index < -0.39 is 6.17 Å². The van der Waals surface area contributed by atoms with Gasteiger partial charge in [0, 0.05) is 30.6 Å². The number of nitrogens with one attached hydrogen (secondary N) is 1. The summed E-state index contributed by atoms with van der Waals surface area (Å²) in [5.41, 5.74) is 4.76. The number of pyridine rings is 1. The zero-order valence-corrected chi connectivity index (χ0v) is 20.6. The highest BCUT2D eigenvalue weighted by Gasteiger charge is 2.27. The van der Waals surface area contributed by atoms with E-state index in [1.807, 2.05) is 60.7 Å². The molecule has 4 aromatic rings. The molecule has 1 fully saturated rings. The van der Waals surface area contributed by atoms with E-state index in [9.17, 15) is 4.79 Å². The molecule has 10 heteroatoms. The van der Waals surface area contributed by atoms with Crippen LogP contribution in [0.5, 0.6) is 0 Å². The van der Waals surface area contributed by atoms with Crippen molar-refractivity contribution in [2.45, 2.75) is 12.6 Å². The van der Waals surface area contributed by atoms with Gasteiger partial charge in [0.15, 0.2) is 11.9 Å². The molecule has 1 saturated heterocycles. The number of aromatic nitrogens is 3. The molecule has 6 rings (SSSR count). The molecule has 2 aromatic carbocycles. The average molecular weight is 515 g/mol. The lowest BCUT2D eigenvalue weighted by molar-refractivity contribution is -0.119. The molecule has 0 saturated carbocycles. The highest BCUT2D eigenvalue weighted by molar-refractivity contribution is 6.33. The SMILES string of the molecule is O=C1Cc2ccccc2C(c2ccccc2)=N[C@@H]1Nc1nnc(-c2ncc(N3CCOCC3)cc2Cl)o1. The lowest BCUT2D eigenvalue weighted by Gasteiger charge is -2.28. The summed E-state index contributed by atoms with van der Waals surface area (Å²) < 4.78 is 11.2. The first-order valence-electron chi connectivity index (χ1n) is 12.0. The van der Waals surface area contributed by atoms with Crippen LogP contribution in [-0.2, 0) is 16.0 Å². The summed E-state index contributed by atoms with van der Waals surface area (Å²) >= 11 is 6.52. The van der Waals surface area contributed by atoms with Gasteiger partial charge in [0.25, 0.3) is 5.89 Å². The van der Waals surface area contributed by atoms with Crippen molar-refractivity contribution in [2.24, 2.45) is 4.99 Å². The fourth-order valence-corrected chi connectivity index (χ4v) is 4.71. The van der Waals surface area contributed by atoms with Crippen LogP contribution in [-0.4, -0.2) is 59.1 Å². The molecule has 0 bridgehead atoms. The normalized spacial score (nSPS) is 17.6. The fraction of sp³-hybridized carbons (Fsp3) is 0.222. The molecule has 2 aliphatic heterocycles. The molecular formula is C27H23ClN6O3. The Bertz CT molecular complexity index is 1470. The van der Waals surface area contributed by atoms with Crippen LogP contribution in [0.2, 0.25) is 5.02 Å². The fourth-order valence-electron chi connectivity index (χ4n) is 4.47. The smallest absolute Gasteiger partial charge is 0.317 e. The van der Waals surface area contributed by atoms with Crippen molar-refractivity contribution in [3.63, 3.8) is 0 Å². The molecule has 0 aliphatic carbocycles. The number of carbonyl (C=O) groups excluding carboxylic acids is 1. The lowest BCUT2D eigenvalue weighted by atomic mass is 9.96. The summed E-state index contributed by atoms with van der Waals surface area (Å²) in [6.45, 7) is 2.88. The summed E-state index contributed by atoms with van der Waals surface area (Å²) in [6.07, 6.45) is 1.06. The van der Waals surface area contributed by atoms with Crippen LogP contribution >= 0.6 is 11.6 Å². The monoisotopic (exact) mass is 514 g/mol. The van der Waals surface area contributed by atoms with Crippen LogP contribution in [0, 0.1) is 0 Å². The first kappa shape index (κ1) is 23.3. The molecule has 2 aliphatic rings. The third-order valence-electron chi connectivity index (χ3n) is 6.34. The number of ketones is 1. The van der Waals surface area contributed by atoms with Gasteiger partial charge in [-0.25, -0.2) is 4.98 Å². The topological polar surface area (TPSA) is 106 Å². The summed E-state index contributed by atoms with van der Waals surface area (Å²) in [6, 6.07) is 19.5. The third kappa shape index (κ3) is 4.83. The first-order valence-corrected chi connectivity index (χ1v) is 12.4. The van der Waals surface area contributed by atoms with E-state index in [0.29, 0.717) is 23.9 Å². The Hall–Kier alpha value is -4.08. The van der Waals surface area contributed by atoms with E-state index in [2.05, 4.69) is 25.4 Å². The minimum absolute atomic E-state index is 0.0607. The number of Topliss-reactive ketones (excluding diaryl/α,β-unsaturated/α-hetero) is 1. The van der Waals surface area contributed by atoms with Crippen molar-refractivity contribution in [3.05, 3.63) is 88.6 Å². The standard InChI is InChI=1S/C27H23ClN6O3/c28-21-15-19(34-10-12-36-13-11-34)16-29-24(21)26-32-33-27(37-26)31-25-22(35)14-18-8-4-5-9-20(18)23(30-25)17-6-2-1-3-7-17/h1-9,15-16,25H,10-14H2,(H,31,33)/t25-/m1/s1. The van der Waals surface area contributed by atoms with Gasteiger partial charge in [-0.2, -0.15) is 0 Å². The Balaban J connectivity index is 1.27. The van der Waals surface area contributed by atoms with E-state index in [4.69, 9.17) is 25.7 Å². The molecule has 186 valence electrons. The number of benzene rings is 2. The number of morpholine rings is 1. The first-order chi connectivity index (χ1) is 18.2. The minimum atomic E-state index is -0.900. The maximum atomic E-state index is 13.2. The molecule has 37 heavy (non-hydrogen) atoms. The molecule has 4 heterocycles. The van der Waals surface area contributed by atoms with E-state index >= 15 is 0 Å². The Morgan fingerprint density at radius 2 is 1.78 bits per heavy atom. The average Bonchev–Trinajstić information content (AvgIpc) is 3.35. The molecule has 0 unspecified atom stereocenters. The Morgan fingerprint density at radius 1 is 1.00 bits per heavy atom. The van der Waals surface area contributed by atoms with Gasteiger partial charge in [0.1, 0.15) is 5.69 Å². The number of carbonyl (C=O) groups is 1. The highest BCUT2D eigenvalue weighted by atomic mass is 35.5. The second kappa shape index (κ2) is 10.1. The molecule has 1 N–H and O–H groups in total. The number of aliphatic imine (C=N–C) groups is 1. The third-order valence-corrected chi connectivity index (χ3v) is 6.63. The summed E-state index contributed by atoms with van der Waals surface area (Å²) in [7, 11) is 0. The van der Waals surface area contributed by atoms with Gasteiger partial charge in [-0.3, -0.25) is 9.79 Å². The van der Waals surface area contributed by atoms with Gasteiger partial charge in [0.05, 0.1) is 35.8 Å². The second-order valence-corrected chi connectivity index (χ2v) is 9.13. The predicted octanol–water partition coefficient (Wildman–Crippen LogP) is 4.02. The molecule has 0 amide bonds. The van der Waals surface area contributed by atoms with E-state index in [1.54, 1.807) is 6.20 Å². The van der Waals surface area contributed by atoms with E-state index in [0.717, 1.165) is 41.2 Å². The van der Waals surface area contributed by atoms with Gasteiger partial charge in [-0.05, 0) is 11.6 Å². The van der Waals surface area contributed by atoms with Crippen LogP contribution in [0.15, 0.2) is 76.3 Å². The zero-order chi connectivity index (χ0) is 25.2. The largest absolute Gasteiger partial charge is 0.402 e. The predicted molar refractivity (Wildman–Crippen MR) is 140 cm³/mol. The molecule has 0 radical (unpaired) electrons. The minimum Gasteiger partial charge on any atom is -0.402 e. The molecule has 2 aromatic heterocycles. The Kier molecular flexibility index (Phi) is 6.38. The van der Waals surface area contributed by atoms with E-state index in [1.165, 1.54) is 0 Å². The highest BCUT2D eigenvalue weighted by Crippen LogP contribution is 2.30. The van der Waals surface area contributed by atoms with Crippen molar-refractivity contribution in [1.82, 2.24) is 15.2 Å². The van der Waals surface area contributed by atoms with Crippen molar-refractivity contribution >= 4 is 34.8 Å². The number of hydrogen-bond donors (Lipinski definition) is 1. The van der Waals surface area contributed by atoms with Gasteiger partial charge < -0.3 is 19.4 Å². The van der Waals surface area contributed by atoms with Crippen LogP contribution in [0.1, 0.15) is 16.7 Å². The molecule has 9 nitrogen and oxygen atoms in total. The zero-order valence-electron chi connectivity index (χ0n) is 19.8. The van der Waals surface area contributed by atoms with Crippen molar-refractivity contribution < 1.29 is 13.9 Å². The molecule has 0 spiro atoms. The summed E-state index contributed by atoms with van der Waals surface area (Å²) in [4.78, 5) is 24.6. The molecular weight excluding hydrogens is 492 g/mol. The number of fused-ring (bicyclic) bond motifs is 1. The van der Waals surface area contributed by atoms with E-state index in [-0.39, 0.29) is 24.1 Å². The van der Waals surface area contributed by atoms with Crippen LogP contribution in [0.4, 0.5) is 11.7 Å². The van der Waals surface area contributed by atoms with Crippen molar-refractivity contribution in [2.75, 3.05) is 36.5 Å². The molecule has 1 atom stereocenters. The summed E-state index contributed by atoms with van der Waals surface area (Å²) in [5, 5.41) is 11.6. The van der Waals surface area contributed by atoms with Crippen LogP contribution in [0.25, 0.3) is 11.6 Å². The van der Waals surface area contributed by atoms with Gasteiger partial charge in [0.2, 0.25) is 0 Å². The van der Waals surface area contributed by atoms with Crippen molar-refractivity contribution in [3.8, 4) is 11.6 Å². The Morgan fingerprint density at radius 3 is 2.59 bits per heavy atom.